The van der Waals surface area contributed by atoms with Gasteiger partial charge in [0, 0.05) is 23.9 Å². The second-order valence-corrected chi connectivity index (χ2v) is 4.58. The minimum Gasteiger partial charge on any atom is -0.497 e. The number of aromatic nitrogens is 2. The van der Waals surface area contributed by atoms with Crippen LogP contribution in [0.2, 0.25) is 0 Å². The van der Waals surface area contributed by atoms with E-state index in [-0.39, 0.29) is 11.5 Å². The maximum atomic E-state index is 12.8. The van der Waals surface area contributed by atoms with Crippen LogP contribution in [0.1, 0.15) is 28.4 Å². The van der Waals surface area contributed by atoms with Crippen molar-refractivity contribution < 1.29 is 23.0 Å². The van der Waals surface area contributed by atoms with Crippen molar-refractivity contribution in [3.05, 3.63) is 41.5 Å². The number of aryl methyl sites for hydroxylation is 1. The Balaban J connectivity index is 2.29. The van der Waals surface area contributed by atoms with E-state index in [9.17, 15) is 13.6 Å². The highest BCUT2D eigenvalue weighted by atomic mass is 19.3. The van der Waals surface area contributed by atoms with Gasteiger partial charge in [0.2, 0.25) is 0 Å². The predicted molar refractivity (Wildman–Crippen MR) is 79.2 cm³/mol. The zero-order valence-electron chi connectivity index (χ0n) is 12.8. The Labute approximate surface area is 131 Å². The van der Waals surface area contributed by atoms with Crippen molar-refractivity contribution in [2.45, 2.75) is 13.3 Å². The smallest absolute Gasteiger partial charge is 0.280 e. The summed E-state index contributed by atoms with van der Waals surface area (Å²) >= 11 is 0. The minimum absolute atomic E-state index is 0.0937. The molecule has 0 fully saturated rings. The van der Waals surface area contributed by atoms with Crippen molar-refractivity contribution in [2.75, 3.05) is 19.5 Å². The molecule has 0 radical (unpaired) electrons. The largest absolute Gasteiger partial charge is 0.497 e. The Morgan fingerprint density at radius 1 is 1.09 bits per heavy atom. The van der Waals surface area contributed by atoms with Crippen molar-refractivity contribution in [3.63, 3.8) is 0 Å². The fourth-order valence-electron chi connectivity index (χ4n) is 1.89. The van der Waals surface area contributed by atoms with E-state index in [1.165, 1.54) is 21.1 Å². The summed E-state index contributed by atoms with van der Waals surface area (Å²) in [7, 11) is 2.95. The molecule has 1 aromatic heterocycles. The average Bonchev–Trinajstić information content (AvgIpc) is 2.53. The first kappa shape index (κ1) is 16.6. The van der Waals surface area contributed by atoms with Gasteiger partial charge in [-0.2, -0.15) is 0 Å². The summed E-state index contributed by atoms with van der Waals surface area (Å²) in [6, 6.07) is 5.74. The molecular weight excluding hydrogens is 308 g/mol. The van der Waals surface area contributed by atoms with E-state index in [0.29, 0.717) is 17.2 Å². The number of rotatable bonds is 5. The van der Waals surface area contributed by atoms with Gasteiger partial charge in [-0.1, -0.05) is 0 Å². The van der Waals surface area contributed by atoms with Crippen molar-refractivity contribution in [2.24, 2.45) is 0 Å². The number of anilines is 1. The van der Waals surface area contributed by atoms with E-state index in [2.05, 4.69) is 15.3 Å². The number of ether oxygens (including phenoxy) is 2. The number of halogens is 2. The van der Waals surface area contributed by atoms with Crippen LogP contribution in [0.15, 0.2) is 24.3 Å². The predicted octanol–water partition coefficient (Wildman–Crippen LogP) is 2.99. The van der Waals surface area contributed by atoms with Gasteiger partial charge in [0.25, 0.3) is 12.3 Å². The summed E-state index contributed by atoms with van der Waals surface area (Å²) in [5.74, 6) is 0.419. The lowest BCUT2D eigenvalue weighted by molar-refractivity contribution is 0.102. The lowest BCUT2D eigenvalue weighted by atomic mass is 10.2. The number of hydrogen-bond acceptors (Lipinski definition) is 5. The molecule has 1 amide bonds. The summed E-state index contributed by atoms with van der Waals surface area (Å²) in [6.45, 7) is 1.44. The van der Waals surface area contributed by atoms with E-state index in [1.807, 2.05) is 0 Å². The van der Waals surface area contributed by atoms with E-state index in [0.717, 1.165) is 6.07 Å². The maximum absolute atomic E-state index is 12.8. The van der Waals surface area contributed by atoms with Crippen molar-refractivity contribution in [1.29, 1.82) is 0 Å². The number of benzene rings is 1. The molecule has 8 heteroatoms. The van der Waals surface area contributed by atoms with Gasteiger partial charge in [-0.05, 0) is 13.0 Å². The molecule has 0 spiro atoms. The van der Waals surface area contributed by atoms with Crippen molar-refractivity contribution >= 4 is 11.6 Å². The molecule has 1 N–H and O–H groups in total. The van der Waals surface area contributed by atoms with Crippen LogP contribution in [0.5, 0.6) is 11.5 Å². The number of hydrogen-bond donors (Lipinski definition) is 1. The van der Waals surface area contributed by atoms with Gasteiger partial charge in [-0.15, -0.1) is 0 Å². The van der Waals surface area contributed by atoms with Gasteiger partial charge in [-0.3, -0.25) is 4.79 Å². The third-order valence-electron chi connectivity index (χ3n) is 2.92. The summed E-state index contributed by atoms with van der Waals surface area (Å²) in [5.41, 5.74) is -0.249. The molecule has 2 rings (SSSR count). The molecule has 0 bridgehead atoms. The Morgan fingerprint density at radius 3 is 2.22 bits per heavy atom. The molecule has 23 heavy (non-hydrogen) atoms. The van der Waals surface area contributed by atoms with E-state index < -0.39 is 18.0 Å². The normalized spacial score (nSPS) is 10.5. The van der Waals surface area contributed by atoms with Gasteiger partial charge >= 0.3 is 0 Å². The van der Waals surface area contributed by atoms with Gasteiger partial charge in [0.05, 0.1) is 14.2 Å². The first-order valence-electron chi connectivity index (χ1n) is 6.61. The lowest BCUT2D eigenvalue weighted by Crippen LogP contribution is -2.15. The van der Waals surface area contributed by atoms with Crippen LogP contribution in [-0.2, 0) is 0 Å². The topological polar surface area (TPSA) is 73.3 Å². The Morgan fingerprint density at radius 2 is 1.70 bits per heavy atom. The SMILES string of the molecule is COc1cc(NC(=O)c2cc(C(F)F)nc(C)n2)cc(OC)c1. The first-order chi connectivity index (χ1) is 10.9. The Hall–Kier alpha value is -2.77. The molecule has 0 atom stereocenters. The highest BCUT2D eigenvalue weighted by molar-refractivity contribution is 6.03. The number of carbonyl (C=O) groups is 1. The molecule has 0 saturated heterocycles. The van der Waals surface area contributed by atoms with Gasteiger partial charge < -0.3 is 14.8 Å². The van der Waals surface area contributed by atoms with Gasteiger partial charge in [0.1, 0.15) is 28.7 Å². The first-order valence-corrected chi connectivity index (χ1v) is 6.61. The van der Waals surface area contributed by atoms with Crippen LogP contribution in [0.3, 0.4) is 0 Å². The number of alkyl halides is 2. The zero-order valence-corrected chi connectivity index (χ0v) is 12.8. The summed E-state index contributed by atoms with van der Waals surface area (Å²) in [6.07, 6.45) is -2.78. The average molecular weight is 323 g/mol. The van der Waals surface area contributed by atoms with Gasteiger partial charge in [-0.25, -0.2) is 18.7 Å². The molecule has 0 aliphatic carbocycles. The molecule has 0 aliphatic rings. The number of carbonyl (C=O) groups excluding carboxylic acids is 1. The Bertz CT molecular complexity index is 701. The van der Waals surface area contributed by atoms with Crippen LogP contribution in [0, 0.1) is 6.92 Å². The van der Waals surface area contributed by atoms with Crippen LogP contribution in [0.4, 0.5) is 14.5 Å². The second kappa shape index (κ2) is 6.99. The molecule has 2 aromatic rings. The second-order valence-electron chi connectivity index (χ2n) is 4.58. The quantitative estimate of drug-likeness (QED) is 0.915. The maximum Gasteiger partial charge on any atom is 0.280 e. The third-order valence-corrected chi connectivity index (χ3v) is 2.92. The fourth-order valence-corrected chi connectivity index (χ4v) is 1.89. The van der Waals surface area contributed by atoms with Crippen LogP contribution in [-0.4, -0.2) is 30.1 Å². The monoisotopic (exact) mass is 323 g/mol. The van der Waals surface area contributed by atoms with Crippen molar-refractivity contribution in [3.8, 4) is 11.5 Å². The van der Waals surface area contributed by atoms with E-state index in [1.54, 1.807) is 18.2 Å². The fraction of sp³-hybridized carbons (Fsp3) is 0.267. The zero-order chi connectivity index (χ0) is 17.0. The minimum atomic E-state index is -2.78. The summed E-state index contributed by atoms with van der Waals surface area (Å²) in [4.78, 5) is 19.7. The number of nitrogens with zero attached hydrogens (tertiary/aromatic N) is 2. The lowest BCUT2D eigenvalue weighted by Gasteiger charge is -2.10. The van der Waals surface area contributed by atoms with Crippen LogP contribution < -0.4 is 14.8 Å². The molecule has 0 unspecified atom stereocenters. The molecule has 1 heterocycles. The number of amides is 1. The van der Waals surface area contributed by atoms with E-state index in [4.69, 9.17) is 9.47 Å². The molecule has 0 saturated carbocycles. The number of methoxy groups -OCH3 is 2. The standard InChI is InChI=1S/C15H15F2N3O3/c1-8-18-12(14(16)17)7-13(19-8)15(21)20-9-4-10(22-2)6-11(5-9)23-3/h4-7,14H,1-3H3,(H,20,21). The van der Waals surface area contributed by atoms with Crippen LogP contribution in [0.25, 0.3) is 0 Å². The van der Waals surface area contributed by atoms with E-state index >= 15 is 0 Å². The molecule has 122 valence electrons. The molecule has 6 nitrogen and oxygen atoms in total. The third kappa shape index (κ3) is 4.12. The molecule has 1 aromatic carbocycles. The highest BCUT2D eigenvalue weighted by Gasteiger charge is 2.16. The Kier molecular flexibility index (Phi) is 5.05. The number of nitrogens with one attached hydrogen (secondary N) is 1. The van der Waals surface area contributed by atoms with Crippen molar-refractivity contribution in [1.82, 2.24) is 9.97 Å². The molecule has 0 aliphatic heterocycles. The highest BCUT2D eigenvalue weighted by Crippen LogP contribution is 2.26. The molecular formula is C15H15F2N3O3. The van der Waals surface area contributed by atoms with Crippen LogP contribution >= 0.6 is 0 Å². The summed E-state index contributed by atoms with van der Waals surface area (Å²) in [5, 5.41) is 2.57. The summed E-state index contributed by atoms with van der Waals surface area (Å²) < 4.78 is 35.7. The van der Waals surface area contributed by atoms with Gasteiger partial charge in [0.15, 0.2) is 0 Å².